The van der Waals surface area contributed by atoms with E-state index in [-0.39, 0.29) is 0 Å². The Hall–Kier alpha value is -5.67. The molecular formula is C40H24N2O. The Morgan fingerprint density at radius 3 is 2.00 bits per heavy atom. The first kappa shape index (κ1) is 23.0. The highest BCUT2D eigenvalue weighted by atomic mass is 16.3. The molecule has 2 heterocycles. The zero-order valence-electron chi connectivity index (χ0n) is 23.2. The molecule has 0 fully saturated rings. The molecular weight excluding hydrogens is 524 g/mol. The van der Waals surface area contributed by atoms with Crippen molar-refractivity contribution in [2.24, 2.45) is 0 Å². The van der Waals surface area contributed by atoms with E-state index < -0.39 is 0 Å². The van der Waals surface area contributed by atoms with E-state index in [9.17, 15) is 0 Å². The normalized spacial score (nSPS) is 12.6. The number of hydrogen-bond donors (Lipinski definition) is 0. The molecule has 2 aromatic heterocycles. The number of fused-ring (bicyclic) bond motifs is 11. The van der Waals surface area contributed by atoms with Crippen LogP contribution in [0.1, 0.15) is 11.1 Å². The summed E-state index contributed by atoms with van der Waals surface area (Å²) in [6.07, 6.45) is 0.912. The Kier molecular flexibility index (Phi) is 4.50. The number of benzene rings is 7. The number of oxazole rings is 1. The molecule has 0 saturated heterocycles. The first-order valence-corrected chi connectivity index (χ1v) is 14.8. The van der Waals surface area contributed by atoms with Crippen molar-refractivity contribution < 1.29 is 4.42 Å². The minimum Gasteiger partial charge on any atom is -0.436 e. The molecule has 0 bridgehead atoms. The standard InChI is InChI=1S/C40H24N2O/c1-3-9-31-24(7-1)15-19-35-38(31)39-32-10-4-2-8-25(32)16-20-36(39)42(35)29-17-18-30-28(22-29)21-26-13-14-27(23-33(26)30)40-41-34-11-5-6-12-37(34)43-40/h1-20,22-23H,21H2. The van der Waals surface area contributed by atoms with Gasteiger partial charge >= 0.3 is 0 Å². The highest BCUT2D eigenvalue weighted by Crippen LogP contribution is 2.43. The SMILES string of the molecule is c1ccc2c(c1)ccc1c2c2c3ccccc3ccc2n1-c1ccc2c(c1)Cc1ccc(-c3nc4ccccc4o3)cc1-2. The van der Waals surface area contributed by atoms with Crippen LogP contribution in [0.3, 0.4) is 0 Å². The predicted octanol–water partition coefficient (Wildman–Crippen LogP) is 10.5. The summed E-state index contributed by atoms with van der Waals surface area (Å²) in [4.78, 5) is 4.74. The van der Waals surface area contributed by atoms with Gasteiger partial charge in [0.25, 0.3) is 0 Å². The molecule has 3 nitrogen and oxygen atoms in total. The molecule has 1 aliphatic carbocycles. The molecule has 200 valence electrons. The van der Waals surface area contributed by atoms with Crippen molar-refractivity contribution in [2.75, 3.05) is 0 Å². The third-order valence-corrected chi connectivity index (χ3v) is 9.21. The Balaban J connectivity index is 1.18. The van der Waals surface area contributed by atoms with Gasteiger partial charge in [0.1, 0.15) is 5.52 Å². The highest BCUT2D eigenvalue weighted by Gasteiger charge is 2.23. The number of nitrogens with zero attached hydrogens (tertiary/aromatic N) is 2. The molecule has 0 atom stereocenters. The summed E-state index contributed by atoms with van der Waals surface area (Å²) in [5, 5.41) is 7.75. The molecule has 10 rings (SSSR count). The van der Waals surface area contributed by atoms with Gasteiger partial charge in [-0.05, 0) is 98.8 Å². The summed E-state index contributed by atoms with van der Waals surface area (Å²) in [5.74, 6) is 0.666. The largest absolute Gasteiger partial charge is 0.436 e. The van der Waals surface area contributed by atoms with Crippen LogP contribution < -0.4 is 0 Å². The minimum absolute atomic E-state index is 0.666. The fourth-order valence-corrected chi connectivity index (χ4v) is 7.27. The predicted molar refractivity (Wildman–Crippen MR) is 177 cm³/mol. The molecule has 0 aliphatic heterocycles. The topological polar surface area (TPSA) is 31.0 Å². The second-order valence-electron chi connectivity index (χ2n) is 11.6. The zero-order valence-corrected chi connectivity index (χ0v) is 23.2. The Morgan fingerprint density at radius 1 is 0.558 bits per heavy atom. The van der Waals surface area contributed by atoms with Crippen molar-refractivity contribution in [3.8, 4) is 28.3 Å². The fraction of sp³-hybridized carbons (Fsp3) is 0.0250. The maximum Gasteiger partial charge on any atom is 0.227 e. The summed E-state index contributed by atoms with van der Waals surface area (Å²) in [5.41, 5.74) is 11.6. The van der Waals surface area contributed by atoms with E-state index >= 15 is 0 Å². The average molecular weight is 549 g/mol. The van der Waals surface area contributed by atoms with Gasteiger partial charge in [-0.2, -0.15) is 0 Å². The van der Waals surface area contributed by atoms with Crippen LogP contribution >= 0.6 is 0 Å². The molecule has 0 spiro atoms. The van der Waals surface area contributed by atoms with Gasteiger partial charge in [0.15, 0.2) is 5.58 Å². The molecule has 0 N–H and O–H groups in total. The molecule has 0 amide bonds. The lowest BCUT2D eigenvalue weighted by Crippen LogP contribution is -1.95. The summed E-state index contributed by atoms with van der Waals surface area (Å²) in [6.45, 7) is 0. The van der Waals surface area contributed by atoms with Gasteiger partial charge < -0.3 is 8.98 Å². The smallest absolute Gasteiger partial charge is 0.227 e. The van der Waals surface area contributed by atoms with Crippen LogP contribution in [0.15, 0.2) is 138 Å². The van der Waals surface area contributed by atoms with E-state index in [1.165, 1.54) is 71.3 Å². The molecule has 43 heavy (non-hydrogen) atoms. The number of hydrogen-bond acceptors (Lipinski definition) is 2. The number of aromatic nitrogens is 2. The van der Waals surface area contributed by atoms with Crippen LogP contribution in [-0.2, 0) is 6.42 Å². The lowest BCUT2D eigenvalue weighted by molar-refractivity contribution is 0.620. The van der Waals surface area contributed by atoms with Gasteiger partial charge in [-0.1, -0.05) is 84.9 Å². The van der Waals surface area contributed by atoms with Crippen LogP contribution in [0, 0.1) is 0 Å². The molecule has 0 unspecified atom stereocenters. The fourth-order valence-electron chi connectivity index (χ4n) is 7.27. The first-order valence-electron chi connectivity index (χ1n) is 14.8. The quantitative estimate of drug-likeness (QED) is 0.215. The van der Waals surface area contributed by atoms with Crippen molar-refractivity contribution in [3.63, 3.8) is 0 Å². The van der Waals surface area contributed by atoms with Crippen molar-refractivity contribution in [3.05, 3.63) is 145 Å². The van der Waals surface area contributed by atoms with E-state index in [0.29, 0.717) is 5.89 Å². The molecule has 1 aliphatic rings. The van der Waals surface area contributed by atoms with Gasteiger partial charge in [0, 0.05) is 22.0 Å². The Bertz CT molecular complexity index is 2480. The zero-order chi connectivity index (χ0) is 28.1. The van der Waals surface area contributed by atoms with Crippen molar-refractivity contribution in [1.82, 2.24) is 9.55 Å². The lowest BCUT2D eigenvalue weighted by Gasteiger charge is -2.11. The molecule has 0 saturated carbocycles. The molecule has 0 radical (unpaired) electrons. The number of rotatable bonds is 2. The van der Waals surface area contributed by atoms with E-state index in [4.69, 9.17) is 9.40 Å². The van der Waals surface area contributed by atoms with Crippen LogP contribution in [0.2, 0.25) is 0 Å². The summed E-state index contributed by atoms with van der Waals surface area (Å²) >= 11 is 0. The summed E-state index contributed by atoms with van der Waals surface area (Å²) < 4.78 is 8.55. The summed E-state index contributed by atoms with van der Waals surface area (Å²) in [6, 6.07) is 48.1. The van der Waals surface area contributed by atoms with Gasteiger partial charge in [-0.15, -0.1) is 0 Å². The maximum atomic E-state index is 6.10. The van der Waals surface area contributed by atoms with E-state index in [1.54, 1.807) is 0 Å². The van der Waals surface area contributed by atoms with Crippen LogP contribution in [-0.4, -0.2) is 9.55 Å². The molecule has 7 aromatic carbocycles. The van der Waals surface area contributed by atoms with Gasteiger partial charge in [0.2, 0.25) is 5.89 Å². The average Bonchev–Trinajstić information content (AvgIpc) is 3.75. The Labute approximate surface area is 247 Å². The third kappa shape index (κ3) is 3.22. The van der Waals surface area contributed by atoms with Gasteiger partial charge in [0.05, 0.1) is 11.0 Å². The monoisotopic (exact) mass is 548 g/mol. The maximum absolute atomic E-state index is 6.10. The van der Waals surface area contributed by atoms with Gasteiger partial charge in [-0.3, -0.25) is 0 Å². The summed E-state index contributed by atoms with van der Waals surface area (Å²) in [7, 11) is 0. The number of para-hydroxylation sites is 2. The molecule has 9 aromatic rings. The van der Waals surface area contributed by atoms with Crippen LogP contribution in [0.25, 0.3) is 82.7 Å². The second kappa shape index (κ2) is 8.43. The van der Waals surface area contributed by atoms with E-state index in [0.717, 1.165) is 23.1 Å². The minimum atomic E-state index is 0.666. The second-order valence-corrected chi connectivity index (χ2v) is 11.6. The first-order chi connectivity index (χ1) is 21.3. The molecule has 3 heteroatoms. The van der Waals surface area contributed by atoms with E-state index in [1.807, 2.05) is 24.3 Å². The van der Waals surface area contributed by atoms with Gasteiger partial charge in [-0.25, -0.2) is 4.98 Å². The van der Waals surface area contributed by atoms with Crippen molar-refractivity contribution in [2.45, 2.75) is 6.42 Å². The van der Waals surface area contributed by atoms with Crippen LogP contribution in [0.4, 0.5) is 0 Å². The van der Waals surface area contributed by atoms with E-state index in [2.05, 4.69) is 114 Å². The highest BCUT2D eigenvalue weighted by molar-refractivity contribution is 6.28. The van der Waals surface area contributed by atoms with Crippen molar-refractivity contribution >= 4 is 54.5 Å². The van der Waals surface area contributed by atoms with Crippen molar-refractivity contribution in [1.29, 1.82) is 0 Å². The third-order valence-electron chi connectivity index (χ3n) is 9.21. The lowest BCUT2D eigenvalue weighted by atomic mass is 10.00. The Morgan fingerprint density at radius 2 is 1.26 bits per heavy atom. The van der Waals surface area contributed by atoms with Crippen LogP contribution in [0.5, 0.6) is 0 Å².